The zero-order valence-corrected chi connectivity index (χ0v) is 14.1. The maximum absolute atomic E-state index is 11.7. The predicted molar refractivity (Wildman–Crippen MR) is 83.1 cm³/mol. The number of benzene rings is 1. The number of aryl methyl sites for hydroxylation is 2. The van der Waals surface area contributed by atoms with Crippen LogP contribution >= 0.6 is 0 Å². The van der Waals surface area contributed by atoms with Crippen molar-refractivity contribution in [1.29, 1.82) is 0 Å². The highest BCUT2D eigenvalue weighted by Gasteiger charge is 2.16. The van der Waals surface area contributed by atoms with Crippen molar-refractivity contribution in [2.45, 2.75) is 39.5 Å². The molecule has 6 nitrogen and oxygen atoms in total. The van der Waals surface area contributed by atoms with E-state index in [1.165, 1.54) is 0 Å². The fourth-order valence-electron chi connectivity index (χ4n) is 1.76. The Morgan fingerprint density at radius 1 is 1.24 bits per heavy atom. The SMILES string of the molecule is Cc1cc2nnn(OC(=O)OCC[Si](C)(C)C)c2cc1C. The third-order valence-electron chi connectivity index (χ3n) is 3.26. The highest BCUT2D eigenvalue weighted by molar-refractivity contribution is 6.76. The molecule has 7 heteroatoms. The van der Waals surface area contributed by atoms with Gasteiger partial charge in [-0.25, -0.2) is 4.79 Å². The maximum Gasteiger partial charge on any atom is 0.535 e. The van der Waals surface area contributed by atoms with Gasteiger partial charge in [0.1, 0.15) is 11.0 Å². The number of rotatable bonds is 4. The van der Waals surface area contributed by atoms with Crippen molar-refractivity contribution in [2.24, 2.45) is 0 Å². The molecule has 21 heavy (non-hydrogen) atoms. The normalized spacial score (nSPS) is 11.7. The minimum Gasteiger partial charge on any atom is -0.433 e. The molecule has 1 aromatic carbocycles. The van der Waals surface area contributed by atoms with Gasteiger partial charge in [0.2, 0.25) is 0 Å². The summed E-state index contributed by atoms with van der Waals surface area (Å²) in [7, 11) is -1.23. The van der Waals surface area contributed by atoms with Crippen LogP contribution < -0.4 is 4.84 Å². The fraction of sp³-hybridized carbons (Fsp3) is 0.500. The second-order valence-corrected chi connectivity index (χ2v) is 12.0. The van der Waals surface area contributed by atoms with Crippen molar-refractivity contribution in [3.63, 3.8) is 0 Å². The Balaban J connectivity index is 2.03. The molecule has 0 unspecified atom stereocenters. The summed E-state index contributed by atoms with van der Waals surface area (Å²) in [6.07, 6.45) is -0.752. The summed E-state index contributed by atoms with van der Waals surface area (Å²) >= 11 is 0. The van der Waals surface area contributed by atoms with Gasteiger partial charge in [0.15, 0.2) is 0 Å². The van der Waals surface area contributed by atoms with E-state index >= 15 is 0 Å². The second kappa shape index (κ2) is 5.85. The smallest absolute Gasteiger partial charge is 0.433 e. The van der Waals surface area contributed by atoms with Gasteiger partial charge < -0.3 is 4.74 Å². The Bertz CT molecular complexity index is 661. The summed E-state index contributed by atoms with van der Waals surface area (Å²) in [5, 5.41) is 7.81. The first-order valence-electron chi connectivity index (χ1n) is 6.94. The number of ether oxygens (including phenoxy) is 1. The average Bonchev–Trinajstić information content (AvgIpc) is 2.71. The Hall–Kier alpha value is -1.89. The van der Waals surface area contributed by atoms with Crippen LogP contribution in [0.3, 0.4) is 0 Å². The number of hydrogen-bond donors (Lipinski definition) is 0. The highest BCUT2D eigenvalue weighted by Crippen LogP contribution is 2.16. The molecule has 0 aliphatic carbocycles. The van der Waals surface area contributed by atoms with Crippen molar-refractivity contribution in [3.05, 3.63) is 23.3 Å². The molecular weight excluding hydrogens is 286 g/mol. The van der Waals surface area contributed by atoms with Crippen LogP contribution in [-0.2, 0) is 4.74 Å². The minimum absolute atomic E-state index is 0.374. The number of carbonyl (C=O) groups excluding carboxylic acids is 1. The van der Waals surface area contributed by atoms with Crippen LogP contribution in [-0.4, -0.2) is 36.0 Å². The molecule has 0 atom stereocenters. The van der Waals surface area contributed by atoms with Gasteiger partial charge in [0.05, 0.1) is 6.61 Å². The third-order valence-corrected chi connectivity index (χ3v) is 4.97. The van der Waals surface area contributed by atoms with Gasteiger partial charge in [-0.1, -0.05) is 24.5 Å². The van der Waals surface area contributed by atoms with Gasteiger partial charge in [-0.3, -0.25) is 4.84 Å². The zero-order chi connectivity index (χ0) is 15.6. The van der Waals surface area contributed by atoms with Gasteiger partial charge >= 0.3 is 6.16 Å². The second-order valence-electron chi connectivity index (χ2n) is 6.39. The van der Waals surface area contributed by atoms with Crippen molar-refractivity contribution >= 4 is 25.3 Å². The Morgan fingerprint density at radius 3 is 2.57 bits per heavy atom. The number of aromatic nitrogens is 3. The quantitative estimate of drug-likeness (QED) is 0.493. The lowest BCUT2D eigenvalue weighted by Crippen LogP contribution is -2.26. The number of fused-ring (bicyclic) bond motifs is 1. The molecule has 0 fully saturated rings. The van der Waals surface area contributed by atoms with Gasteiger partial charge in [0.25, 0.3) is 0 Å². The van der Waals surface area contributed by atoms with Crippen LogP contribution in [0.4, 0.5) is 4.79 Å². The third kappa shape index (κ3) is 4.04. The summed E-state index contributed by atoms with van der Waals surface area (Å²) in [5.74, 6) is 0. The van der Waals surface area contributed by atoms with Gasteiger partial charge in [-0.05, 0) is 48.4 Å². The largest absolute Gasteiger partial charge is 0.535 e. The van der Waals surface area contributed by atoms with E-state index in [9.17, 15) is 4.79 Å². The van der Waals surface area contributed by atoms with Crippen LogP contribution in [0.5, 0.6) is 0 Å². The van der Waals surface area contributed by atoms with Crippen LogP contribution in [0.25, 0.3) is 11.0 Å². The molecule has 0 spiro atoms. The molecule has 2 aromatic rings. The molecule has 0 N–H and O–H groups in total. The maximum atomic E-state index is 11.7. The van der Waals surface area contributed by atoms with E-state index in [4.69, 9.17) is 9.57 Å². The molecule has 0 amide bonds. The van der Waals surface area contributed by atoms with E-state index in [0.717, 1.165) is 22.0 Å². The van der Waals surface area contributed by atoms with Gasteiger partial charge in [0, 0.05) is 8.07 Å². The molecule has 1 aromatic heterocycles. The summed E-state index contributed by atoms with van der Waals surface area (Å²) in [5.41, 5.74) is 3.54. The van der Waals surface area contributed by atoms with E-state index in [1.54, 1.807) is 0 Å². The van der Waals surface area contributed by atoms with Crippen molar-refractivity contribution in [1.82, 2.24) is 15.2 Å². The predicted octanol–water partition coefficient (Wildman–Crippen LogP) is 2.95. The molecule has 0 saturated carbocycles. The molecule has 0 aliphatic heterocycles. The monoisotopic (exact) mass is 307 g/mol. The first-order chi connectivity index (χ1) is 9.76. The molecule has 114 valence electrons. The highest BCUT2D eigenvalue weighted by atomic mass is 28.3. The first-order valence-corrected chi connectivity index (χ1v) is 10.6. The van der Waals surface area contributed by atoms with Gasteiger partial charge in [-0.2, -0.15) is 0 Å². The molecule has 2 rings (SSSR count). The Labute approximate surface area is 125 Å². The van der Waals surface area contributed by atoms with Crippen molar-refractivity contribution in [2.75, 3.05) is 6.61 Å². The Kier molecular flexibility index (Phi) is 4.31. The molecule has 0 bridgehead atoms. The molecule has 0 radical (unpaired) electrons. The average molecular weight is 307 g/mol. The minimum atomic E-state index is -1.23. The number of nitrogens with zero attached hydrogens (tertiary/aromatic N) is 3. The standard InChI is InChI=1S/C14H21N3O3Si/c1-10-8-12-13(9-11(10)2)17(16-15-12)20-14(18)19-6-7-21(3,4)5/h8-9H,6-7H2,1-5H3. The summed E-state index contributed by atoms with van der Waals surface area (Å²) in [6.45, 7) is 11.0. The lowest BCUT2D eigenvalue weighted by molar-refractivity contribution is 0.0426. The molecule has 1 heterocycles. The van der Waals surface area contributed by atoms with Crippen molar-refractivity contribution < 1.29 is 14.4 Å². The zero-order valence-electron chi connectivity index (χ0n) is 13.1. The molecule has 0 aliphatic rings. The van der Waals surface area contributed by atoms with Crippen LogP contribution in [0.1, 0.15) is 11.1 Å². The number of hydrogen-bond acceptors (Lipinski definition) is 5. The summed E-state index contributed by atoms with van der Waals surface area (Å²) in [4.78, 5) is 17.9. The van der Waals surface area contributed by atoms with E-state index in [-0.39, 0.29) is 0 Å². The van der Waals surface area contributed by atoms with Gasteiger partial charge in [-0.15, -0.1) is 5.10 Å². The fourth-order valence-corrected chi connectivity index (χ4v) is 2.48. The van der Waals surface area contributed by atoms with Crippen LogP contribution in [0, 0.1) is 13.8 Å². The molecular formula is C14H21N3O3Si. The molecule has 0 saturated heterocycles. The number of carbonyl (C=O) groups is 1. The topological polar surface area (TPSA) is 66.2 Å². The summed E-state index contributed by atoms with van der Waals surface area (Å²) in [6, 6.07) is 4.70. The van der Waals surface area contributed by atoms with Crippen LogP contribution in [0.2, 0.25) is 25.7 Å². The van der Waals surface area contributed by atoms with E-state index in [2.05, 4.69) is 30.0 Å². The van der Waals surface area contributed by atoms with E-state index < -0.39 is 14.2 Å². The lowest BCUT2D eigenvalue weighted by Gasteiger charge is -2.14. The van der Waals surface area contributed by atoms with Crippen LogP contribution in [0.15, 0.2) is 12.1 Å². The first kappa shape index (κ1) is 15.5. The summed E-state index contributed by atoms with van der Waals surface area (Å²) < 4.78 is 5.08. The van der Waals surface area contributed by atoms with E-state index in [1.807, 2.05) is 26.0 Å². The van der Waals surface area contributed by atoms with E-state index in [0.29, 0.717) is 17.6 Å². The van der Waals surface area contributed by atoms with Crippen molar-refractivity contribution in [3.8, 4) is 0 Å². The Morgan fingerprint density at radius 2 is 1.90 bits per heavy atom. The lowest BCUT2D eigenvalue weighted by atomic mass is 10.1.